The van der Waals surface area contributed by atoms with Crippen molar-refractivity contribution in [2.75, 3.05) is 24.8 Å². The summed E-state index contributed by atoms with van der Waals surface area (Å²) in [6.45, 7) is 13.8. The maximum atomic E-state index is 14.2. The summed E-state index contributed by atoms with van der Waals surface area (Å²) in [6, 6.07) is 6.56. The number of thioether (sulfide) groups is 1. The molecule has 1 aromatic heterocycles. The van der Waals surface area contributed by atoms with E-state index >= 15 is 0 Å². The van der Waals surface area contributed by atoms with E-state index in [1.165, 1.54) is 24.9 Å². The lowest BCUT2D eigenvalue weighted by Crippen LogP contribution is -2.43. The van der Waals surface area contributed by atoms with Crippen molar-refractivity contribution in [3.8, 4) is 5.75 Å². The van der Waals surface area contributed by atoms with Gasteiger partial charge in [0.25, 0.3) is 0 Å². The van der Waals surface area contributed by atoms with Crippen molar-refractivity contribution < 1.29 is 13.6 Å². The van der Waals surface area contributed by atoms with E-state index < -0.39 is 8.32 Å². The van der Waals surface area contributed by atoms with Crippen LogP contribution in [0.25, 0.3) is 0 Å². The topological polar surface area (TPSA) is 82.3 Å². The Morgan fingerprint density at radius 2 is 1.93 bits per heavy atom. The van der Waals surface area contributed by atoms with Crippen LogP contribution in [0.3, 0.4) is 0 Å². The van der Waals surface area contributed by atoms with Gasteiger partial charge in [0.05, 0.1) is 13.7 Å². The fourth-order valence-corrected chi connectivity index (χ4v) is 4.29. The highest BCUT2D eigenvalue weighted by Gasteiger charge is 2.37. The Balaban J connectivity index is 1.99. The molecule has 30 heavy (non-hydrogen) atoms. The molecule has 0 bridgehead atoms. The van der Waals surface area contributed by atoms with Crippen LogP contribution < -0.4 is 15.8 Å². The van der Waals surface area contributed by atoms with Crippen LogP contribution in [0.1, 0.15) is 33.3 Å². The number of anilines is 2. The minimum absolute atomic E-state index is 0.0605. The number of nitrogens with two attached hydrogens (primary N) is 1. The SMILES string of the molecule is COc1ccc(CSc2nc(N)cc(NC(C)CO[Si](C)(C)C(C)(C)C)n2)c(F)c1. The van der Waals surface area contributed by atoms with Crippen LogP contribution in [-0.2, 0) is 10.2 Å². The van der Waals surface area contributed by atoms with Gasteiger partial charge in [-0.1, -0.05) is 38.6 Å². The molecule has 166 valence electrons. The molecule has 2 aromatic rings. The highest BCUT2D eigenvalue weighted by Crippen LogP contribution is 2.36. The van der Waals surface area contributed by atoms with Crippen molar-refractivity contribution in [3.05, 3.63) is 35.6 Å². The molecule has 1 atom stereocenters. The summed E-state index contributed by atoms with van der Waals surface area (Å²) in [5.41, 5.74) is 6.51. The fraction of sp³-hybridized carbons (Fsp3) is 0.524. The van der Waals surface area contributed by atoms with Gasteiger partial charge < -0.3 is 20.2 Å². The first kappa shape index (κ1) is 24.4. The van der Waals surface area contributed by atoms with Crippen LogP contribution in [-0.4, -0.2) is 38.0 Å². The Morgan fingerprint density at radius 3 is 2.53 bits per heavy atom. The Labute approximate surface area is 184 Å². The molecule has 6 nitrogen and oxygen atoms in total. The molecule has 0 radical (unpaired) electrons. The lowest BCUT2D eigenvalue weighted by molar-refractivity contribution is 0.276. The smallest absolute Gasteiger partial charge is 0.192 e. The molecule has 0 aliphatic carbocycles. The van der Waals surface area contributed by atoms with E-state index in [1.54, 1.807) is 18.2 Å². The van der Waals surface area contributed by atoms with Gasteiger partial charge >= 0.3 is 0 Å². The van der Waals surface area contributed by atoms with Gasteiger partial charge in [-0.2, -0.15) is 0 Å². The molecular weight excluding hydrogens is 419 g/mol. The average molecular weight is 453 g/mol. The van der Waals surface area contributed by atoms with Crippen LogP contribution in [0.15, 0.2) is 29.4 Å². The van der Waals surface area contributed by atoms with Crippen LogP contribution in [0.5, 0.6) is 5.75 Å². The van der Waals surface area contributed by atoms with Crippen molar-refractivity contribution in [2.45, 2.75) is 62.8 Å². The van der Waals surface area contributed by atoms with Gasteiger partial charge in [-0.25, -0.2) is 14.4 Å². The van der Waals surface area contributed by atoms with Gasteiger partial charge in [0.15, 0.2) is 13.5 Å². The third kappa shape index (κ3) is 6.85. The zero-order valence-corrected chi connectivity index (χ0v) is 20.7. The maximum absolute atomic E-state index is 14.2. The molecule has 2 rings (SSSR count). The number of nitrogens with one attached hydrogen (secondary N) is 1. The quantitative estimate of drug-likeness (QED) is 0.303. The number of hydrogen-bond acceptors (Lipinski definition) is 7. The van der Waals surface area contributed by atoms with Gasteiger partial charge in [0.1, 0.15) is 23.2 Å². The Morgan fingerprint density at radius 1 is 1.23 bits per heavy atom. The predicted octanol–water partition coefficient (Wildman–Crippen LogP) is 5.32. The molecule has 0 spiro atoms. The summed E-state index contributed by atoms with van der Waals surface area (Å²) in [6.07, 6.45) is 0. The summed E-state index contributed by atoms with van der Waals surface area (Å²) in [5, 5.41) is 3.98. The zero-order chi connectivity index (χ0) is 22.5. The van der Waals surface area contributed by atoms with Crippen LogP contribution in [0, 0.1) is 5.82 Å². The molecule has 0 amide bonds. The standard InChI is InChI=1S/C21H33FN4O2SSi/c1-14(12-28-30(6,7)21(2,3)4)24-19-11-18(23)25-20(26-19)29-13-15-8-9-16(27-5)10-17(15)22/h8-11,14H,12-13H2,1-7H3,(H3,23,24,25,26). The van der Waals surface area contributed by atoms with Crippen molar-refractivity contribution in [2.24, 2.45) is 0 Å². The van der Waals surface area contributed by atoms with Crippen molar-refractivity contribution >= 4 is 31.7 Å². The minimum Gasteiger partial charge on any atom is -0.497 e. The molecular formula is C21H33FN4O2SSi. The Bertz CT molecular complexity index is 861. The van der Waals surface area contributed by atoms with Crippen molar-refractivity contribution in [3.63, 3.8) is 0 Å². The van der Waals surface area contributed by atoms with Crippen LogP contribution in [0.4, 0.5) is 16.0 Å². The molecule has 1 heterocycles. The van der Waals surface area contributed by atoms with E-state index in [2.05, 4.69) is 49.1 Å². The molecule has 3 N–H and O–H groups in total. The number of rotatable bonds is 9. The number of nitrogen functional groups attached to an aromatic ring is 1. The number of methoxy groups -OCH3 is 1. The molecule has 0 aliphatic rings. The molecule has 0 aliphatic heterocycles. The molecule has 0 saturated carbocycles. The summed E-state index contributed by atoms with van der Waals surface area (Å²) in [4.78, 5) is 8.77. The number of hydrogen-bond donors (Lipinski definition) is 2. The molecule has 0 saturated heterocycles. The van der Waals surface area contributed by atoms with Crippen molar-refractivity contribution in [1.29, 1.82) is 0 Å². The van der Waals surface area contributed by atoms with Gasteiger partial charge in [0.2, 0.25) is 0 Å². The third-order valence-electron chi connectivity index (χ3n) is 5.24. The highest BCUT2D eigenvalue weighted by atomic mass is 32.2. The van der Waals surface area contributed by atoms with E-state index in [0.29, 0.717) is 40.5 Å². The molecule has 9 heteroatoms. The van der Waals surface area contributed by atoms with Crippen LogP contribution >= 0.6 is 11.8 Å². The van der Waals surface area contributed by atoms with Gasteiger partial charge in [-0.05, 0) is 36.7 Å². The van der Waals surface area contributed by atoms with Crippen molar-refractivity contribution in [1.82, 2.24) is 9.97 Å². The van der Waals surface area contributed by atoms with E-state index in [-0.39, 0.29) is 16.9 Å². The van der Waals surface area contributed by atoms with E-state index in [9.17, 15) is 4.39 Å². The molecule has 1 aromatic carbocycles. The Hall–Kier alpha value is -1.84. The number of ether oxygens (including phenoxy) is 1. The lowest BCUT2D eigenvalue weighted by Gasteiger charge is -2.37. The average Bonchev–Trinajstić information content (AvgIpc) is 2.64. The minimum atomic E-state index is -1.82. The fourth-order valence-electron chi connectivity index (χ4n) is 2.34. The lowest BCUT2D eigenvalue weighted by atomic mass is 10.2. The third-order valence-corrected chi connectivity index (χ3v) is 10.6. The maximum Gasteiger partial charge on any atom is 0.192 e. The number of benzene rings is 1. The second kappa shape index (κ2) is 9.98. The first-order chi connectivity index (χ1) is 13.9. The largest absolute Gasteiger partial charge is 0.497 e. The monoisotopic (exact) mass is 452 g/mol. The van der Waals surface area contributed by atoms with Gasteiger partial charge in [0, 0.05) is 23.9 Å². The summed E-state index contributed by atoms with van der Waals surface area (Å²) in [5.74, 6) is 1.56. The predicted molar refractivity (Wildman–Crippen MR) is 125 cm³/mol. The number of aromatic nitrogens is 2. The number of halogens is 1. The second-order valence-corrected chi connectivity index (χ2v) is 14.6. The van der Waals surface area contributed by atoms with Crippen LogP contribution in [0.2, 0.25) is 18.1 Å². The first-order valence-electron chi connectivity index (χ1n) is 9.91. The molecule has 0 fully saturated rings. The first-order valence-corrected chi connectivity index (χ1v) is 13.8. The summed E-state index contributed by atoms with van der Waals surface area (Å²) in [7, 11) is -0.305. The molecule has 1 unspecified atom stereocenters. The highest BCUT2D eigenvalue weighted by molar-refractivity contribution is 7.98. The summed E-state index contributed by atoms with van der Waals surface area (Å²) >= 11 is 1.33. The number of nitrogens with zero attached hydrogens (tertiary/aromatic N) is 2. The summed E-state index contributed by atoms with van der Waals surface area (Å²) < 4.78 is 25.5. The van der Waals surface area contributed by atoms with E-state index in [1.807, 2.05) is 6.92 Å². The van der Waals surface area contributed by atoms with E-state index in [4.69, 9.17) is 14.9 Å². The van der Waals surface area contributed by atoms with E-state index in [0.717, 1.165) is 0 Å². The Kier molecular flexibility index (Phi) is 8.12. The van der Waals surface area contributed by atoms with Gasteiger partial charge in [-0.3, -0.25) is 0 Å². The second-order valence-electron chi connectivity index (χ2n) is 8.82. The zero-order valence-electron chi connectivity index (χ0n) is 18.9. The van der Waals surface area contributed by atoms with Gasteiger partial charge in [-0.15, -0.1) is 0 Å². The normalized spacial score (nSPS) is 13.2.